The van der Waals surface area contributed by atoms with E-state index in [0.717, 1.165) is 4.57 Å². The van der Waals surface area contributed by atoms with E-state index in [1.807, 2.05) is 0 Å². The maximum Gasteiger partial charge on any atom is 0.432 e. The standard InChI is InChI=1S/C26H18ClF3N4O3/c1-2-36-18-9-10-20-19(12-18)21(22(35)25-33-32-24(37-25)16-4-3-11-31-13-16)23(26(28,29)30)34(20)14-15-5-7-17(27)8-6-15/h3-13H,2,14H2,1H3. The second-order valence-corrected chi connectivity index (χ2v) is 8.47. The number of aromatic nitrogens is 4. The Bertz CT molecular complexity index is 1580. The number of halogens is 4. The van der Waals surface area contributed by atoms with E-state index < -0.39 is 29.1 Å². The molecule has 0 aliphatic rings. The molecule has 0 aliphatic heterocycles. The van der Waals surface area contributed by atoms with Crippen LogP contribution in [0.1, 0.15) is 34.4 Å². The van der Waals surface area contributed by atoms with Crippen molar-refractivity contribution in [3.63, 3.8) is 0 Å². The zero-order valence-electron chi connectivity index (χ0n) is 19.3. The van der Waals surface area contributed by atoms with Crippen molar-refractivity contribution in [2.45, 2.75) is 19.6 Å². The van der Waals surface area contributed by atoms with Crippen LogP contribution in [0.2, 0.25) is 5.02 Å². The van der Waals surface area contributed by atoms with Crippen LogP contribution in [0.3, 0.4) is 0 Å². The summed E-state index contributed by atoms with van der Waals surface area (Å²) in [7, 11) is 0. The van der Waals surface area contributed by atoms with Crippen molar-refractivity contribution in [1.29, 1.82) is 0 Å². The summed E-state index contributed by atoms with van der Waals surface area (Å²) < 4.78 is 55.9. The highest BCUT2D eigenvalue weighted by atomic mass is 35.5. The van der Waals surface area contributed by atoms with E-state index in [-0.39, 0.29) is 23.3 Å². The van der Waals surface area contributed by atoms with Crippen LogP contribution in [-0.2, 0) is 12.7 Å². The van der Waals surface area contributed by atoms with Crippen LogP contribution in [0.25, 0.3) is 22.4 Å². The summed E-state index contributed by atoms with van der Waals surface area (Å²) in [5.41, 5.74) is -0.539. The molecule has 3 aromatic heterocycles. The van der Waals surface area contributed by atoms with E-state index in [1.54, 1.807) is 49.4 Å². The van der Waals surface area contributed by atoms with Crippen molar-refractivity contribution in [2.75, 3.05) is 6.61 Å². The first-order chi connectivity index (χ1) is 17.8. The Morgan fingerprint density at radius 1 is 1.11 bits per heavy atom. The molecule has 188 valence electrons. The summed E-state index contributed by atoms with van der Waals surface area (Å²) in [6, 6.07) is 14.2. The van der Waals surface area contributed by atoms with Crippen LogP contribution in [0.15, 0.2) is 71.4 Å². The number of pyridine rings is 1. The van der Waals surface area contributed by atoms with Gasteiger partial charge >= 0.3 is 6.18 Å². The van der Waals surface area contributed by atoms with E-state index in [9.17, 15) is 18.0 Å². The van der Waals surface area contributed by atoms with Crippen molar-refractivity contribution >= 4 is 28.3 Å². The van der Waals surface area contributed by atoms with Crippen molar-refractivity contribution in [1.82, 2.24) is 19.7 Å². The predicted octanol–water partition coefficient (Wildman–Crippen LogP) is 6.44. The second kappa shape index (κ2) is 9.70. The predicted molar refractivity (Wildman–Crippen MR) is 130 cm³/mol. The van der Waals surface area contributed by atoms with Crippen LogP contribution >= 0.6 is 11.6 Å². The first-order valence-electron chi connectivity index (χ1n) is 11.2. The van der Waals surface area contributed by atoms with E-state index in [1.165, 1.54) is 24.5 Å². The molecule has 3 heterocycles. The highest BCUT2D eigenvalue weighted by Gasteiger charge is 2.42. The normalized spacial score (nSPS) is 11.7. The molecule has 0 aliphatic carbocycles. The van der Waals surface area contributed by atoms with E-state index in [4.69, 9.17) is 20.8 Å². The van der Waals surface area contributed by atoms with Crippen LogP contribution in [0.4, 0.5) is 13.2 Å². The van der Waals surface area contributed by atoms with E-state index >= 15 is 0 Å². The molecule has 0 saturated carbocycles. The molecular formula is C26H18ClF3N4O3. The van der Waals surface area contributed by atoms with Gasteiger partial charge in [0.1, 0.15) is 11.4 Å². The Morgan fingerprint density at radius 2 is 1.89 bits per heavy atom. The molecular weight excluding hydrogens is 509 g/mol. The molecule has 11 heteroatoms. The molecule has 37 heavy (non-hydrogen) atoms. The summed E-state index contributed by atoms with van der Waals surface area (Å²) >= 11 is 5.95. The van der Waals surface area contributed by atoms with Gasteiger partial charge in [0.25, 0.3) is 11.7 Å². The van der Waals surface area contributed by atoms with Crippen LogP contribution in [0.5, 0.6) is 5.75 Å². The van der Waals surface area contributed by atoms with Gasteiger partial charge < -0.3 is 13.7 Å². The smallest absolute Gasteiger partial charge is 0.432 e. The number of alkyl halides is 3. The number of hydrogen-bond donors (Lipinski definition) is 0. The summed E-state index contributed by atoms with van der Waals surface area (Å²) in [6.07, 6.45) is -1.91. The van der Waals surface area contributed by atoms with Crippen molar-refractivity contribution in [2.24, 2.45) is 0 Å². The second-order valence-electron chi connectivity index (χ2n) is 8.03. The third kappa shape index (κ3) is 4.79. The highest BCUT2D eigenvalue weighted by Crippen LogP contribution is 2.41. The Balaban J connectivity index is 1.71. The Labute approximate surface area is 213 Å². The molecule has 0 N–H and O–H groups in total. The third-order valence-corrected chi connectivity index (χ3v) is 5.88. The number of benzene rings is 2. The van der Waals surface area contributed by atoms with Gasteiger partial charge in [0.2, 0.25) is 5.89 Å². The fourth-order valence-corrected chi connectivity index (χ4v) is 4.21. The lowest BCUT2D eigenvalue weighted by Gasteiger charge is -2.14. The zero-order chi connectivity index (χ0) is 26.2. The summed E-state index contributed by atoms with van der Waals surface area (Å²) in [5.74, 6) is -1.34. The third-order valence-electron chi connectivity index (χ3n) is 5.62. The largest absolute Gasteiger partial charge is 0.494 e. The quantitative estimate of drug-likeness (QED) is 0.227. The molecule has 5 aromatic rings. The number of carbonyl (C=O) groups is 1. The van der Waals surface area contributed by atoms with Crippen LogP contribution in [-0.4, -0.2) is 32.1 Å². The van der Waals surface area contributed by atoms with Gasteiger partial charge in [-0.2, -0.15) is 13.2 Å². The average Bonchev–Trinajstić information content (AvgIpc) is 3.49. The van der Waals surface area contributed by atoms with Crippen molar-refractivity contribution in [3.8, 4) is 17.2 Å². The lowest BCUT2D eigenvalue weighted by Crippen LogP contribution is -2.19. The van der Waals surface area contributed by atoms with Crippen LogP contribution < -0.4 is 4.74 Å². The Kier molecular flexibility index (Phi) is 6.43. The topological polar surface area (TPSA) is 83.0 Å². The highest BCUT2D eigenvalue weighted by molar-refractivity contribution is 6.30. The van der Waals surface area contributed by atoms with Gasteiger partial charge in [-0.05, 0) is 55.0 Å². The van der Waals surface area contributed by atoms with Crippen molar-refractivity contribution in [3.05, 3.63) is 94.7 Å². The summed E-state index contributed by atoms with van der Waals surface area (Å²) in [6.45, 7) is 1.89. The van der Waals surface area contributed by atoms with Crippen LogP contribution in [0, 0.1) is 0 Å². The van der Waals surface area contributed by atoms with Crippen molar-refractivity contribution < 1.29 is 27.1 Å². The number of fused-ring (bicyclic) bond motifs is 1. The molecule has 0 spiro atoms. The number of carbonyl (C=O) groups excluding carboxylic acids is 1. The fraction of sp³-hybridized carbons (Fsp3) is 0.154. The molecule has 0 atom stereocenters. The maximum atomic E-state index is 14.6. The van der Waals surface area contributed by atoms with Gasteiger partial charge in [-0.3, -0.25) is 9.78 Å². The minimum atomic E-state index is -4.88. The van der Waals surface area contributed by atoms with Gasteiger partial charge in [0.15, 0.2) is 0 Å². The lowest BCUT2D eigenvalue weighted by molar-refractivity contribution is -0.143. The number of nitrogens with zero attached hydrogens (tertiary/aromatic N) is 4. The Hall–Kier alpha value is -4.18. The number of rotatable bonds is 7. The minimum Gasteiger partial charge on any atom is -0.494 e. The molecule has 0 bridgehead atoms. The molecule has 0 amide bonds. The average molecular weight is 527 g/mol. The lowest BCUT2D eigenvalue weighted by atomic mass is 10.1. The molecule has 2 aromatic carbocycles. The van der Waals surface area contributed by atoms with Gasteiger partial charge in [-0.15, -0.1) is 10.2 Å². The van der Waals surface area contributed by atoms with E-state index in [2.05, 4.69) is 15.2 Å². The Morgan fingerprint density at radius 3 is 2.57 bits per heavy atom. The minimum absolute atomic E-state index is 0.0371. The SMILES string of the molecule is CCOc1ccc2c(c1)c(C(=O)c1nnc(-c3cccnc3)o1)c(C(F)(F)F)n2Cc1ccc(Cl)cc1. The molecule has 0 radical (unpaired) electrons. The number of ketones is 1. The molecule has 0 saturated heterocycles. The first kappa shape index (κ1) is 24.5. The summed E-state index contributed by atoms with van der Waals surface area (Å²) in [4.78, 5) is 17.5. The molecule has 0 unspecified atom stereocenters. The number of hydrogen-bond acceptors (Lipinski definition) is 6. The zero-order valence-corrected chi connectivity index (χ0v) is 20.0. The summed E-state index contributed by atoms with van der Waals surface area (Å²) in [5, 5.41) is 8.08. The molecule has 7 nitrogen and oxygen atoms in total. The van der Waals surface area contributed by atoms with Gasteiger partial charge in [-0.25, -0.2) is 0 Å². The number of ether oxygens (including phenoxy) is 1. The monoisotopic (exact) mass is 526 g/mol. The van der Waals surface area contributed by atoms with Gasteiger partial charge in [0, 0.05) is 34.9 Å². The molecule has 5 rings (SSSR count). The fourth-order valence-electron chi connectivity index (χ4n) is 4.08. The maximum absolute atomic E-state index is 14.6. The van der Waals surface area contributed by atoms with Gasteiger partial charge in [0.05, 0.1) is 17.7 Å². The molecule has 0 fully saturated rings. The van der Waals surface area contributed by atoms with Gasteiger partial charge in [-0.1, -0.05) is 23.7 Å². The first-order valence-corrected chi connectivity index (χ1v) is 11.5. The van der Waals surface area contributed by atoms with E-state index in [0.29, 0.717) is 28.5 Å².